The van der Waals surface area contributed by atoms with Crippen LogP contribution in [-0.2, 0) is 19.7 Å². The van der Waals surface area contributed by atoms with Gasteiger partial charge in [0.2, 0.25) is 0 Å². The van der Waals surface area contributed by atoms with Gasteiger partial charge in [0.25, 0.3) is 0 Å². The Bertz CT molecular complexity index is 1400. The molecule has 0 amide bonds. The van der Waals surface area contributed by atoms with Crippen molar-refractivity contribution < 1.29 is 27.2 Å². The van der Waals surface area contributed by atoms with Gasteiger partial charge in [0.1, 0.15) is 0 Å². The number of aryl methyl sites for hydroxylation is 1. The Morgan fingerprint density at radius 3 is 1.59 bits per heavy atom. The van der Waals surface area contributed by atoms with Crippen LogP contribution in [0.5, 0.6) is 0 Å². The molecule has 0 spiro atoms. The van der Waals surface area contributed by atoms with Gasteiger partial charge in [-0.25, -0.2) is 0 Å². The summed E-state index contributed by atoms with van der Waals surface area (Å²) in [6.07, 6.45) is -5.02. The first-order valence-corrected chi connectivity index (χ1v) is 14.9. The number of carbonyl (C=O) groups excluding carboxylic acids is 1. The number of rotatable bonds is 6. The van der Waals surface area contributed by atoms with Crippen LogP contribution in [-0.4, -0.2) is 18.8 Å². The number of carbonyl (C=O) groups is 1. The Kier molecular flexibility index (Phi) is 6.74. The van der Waals surface area contributed by atoms with Crippen LogP contribution in [0, 0.1) is 6.92 Å². The van der Waals surface area contributed by atoms with Gasteiger partial charge in [-0.15, -0.1) is 0 Å². The summed E-state index contributed by atoms with van der Waals surface area (Å²) >= 11 is 0. The number of hydrogen-bond donors (Lipinski definition) is 0. The molecule has 0 fully saturated rings. The minimum absolute atomic E-state index is 0.0873. The molecule has 0 aliphatic carbocycles. The zero-order valence-corrected chi connectivity index (χ0v) is 22.5. The molecule has 200 valence electrons. The summed E-state index contributed by atoms with van der Waals surface area (Å²) in [6.45, 7) is -1.35. The summed E-state index contributed by atoms with van der Waals surface area (Å²) in [5.41, 5.74) is -3.07. The zero-order valence-electron chi connectivity index (χ0n) is 21.6. The van der Waals surface area contributed by atoms with Gasteiger partial charge >= 0.3 is 226 Å². The van der Waals surface area contributed by atoms with Gasteiger partial charge in [-0.2, -0.15) is 0 Å². The molecule has 1 unspecified atom stereocenters. The average Bonchev–Trinajstić information content (AvgIpc) is 3.32. The van der Waals surface area contributed by atoms with Gasteiger partial charge in [-0.3, -0.25) is 0 Å². The van der Waals surface area contributed by atoms with Crippen molar-refractivity contribution >= 4 is 28.7 Å². The zero-order chi connectivity index (χ0) is 27.8. The molecule has 1 aliphatic heterocycles. The molecular weight excluding hydrogens is 520 g/mol. The van der Waals surface area contributed by atoms with E-state index in [9.17, 15) is 4.79 Å². The van der Waals surface area contributed by atoms with E-state index in [4.69, 9.17) is 9.26 Å². The minimum atomic E-state index is -5.02. The first kappa shape index (κ1) is 26.9. The quantitative estimate of drug-likeness (QED) is 0.199. The maximum absolute atomic E-state index is 15.8. The number of ether oxygens (including phenoxy) is 1. The molecule has 5 rings (SSSR count). The van der Waals surface area contributed by atoms with E-state index < -0.39 is 30.2 Å². The van der Waals surface area contributed by atoms with Crippen molar-refractivity contribution in [3.8, 4) is 0 Å². The Morgan fingerprint density at radius 2 is 1.21 bits per heavy atom. The molecule has 1 atom stereocenters. The molecule has 4 aromatic rings. The first-order chi connectivity index (χ1) is 18.7. The van der Waals surface area contributed by atoms with E-state index in [1.807, 2.05) is 0 Å². The summed E-state index contributed by atoms with van der Waals surface area (Å²) in [6, 6.07) is 32.7. The van der Waals surface area contributed by atoms with Crippen LogP contribution in [0.1, 0.15) is 18.1 Å². The van der Waals surface area contributed by atoms with Crippen LogP contribution in [0.3, 0.4) is 0 Å². The second-order valence-electron chi connectivity index (χ2n) is 9.51. The van der Waals surface area contributed by atoms with Crippen LogP contribution < -0.4 is 15.9 Å². The Balaban J connectivity index is 2.03. The predicted octanol–water partition coefficient (Wildman–Crippen LogP) is 6.67. The summed E-state index contributed by atoms with van der Waals surface area (Å²) < 4.78 is 59.4. The van der Waals surface area contributed by atoms with Crippen molar-refractivity contribution in [1.29, 1.82) is 0 Å². The average molecular weight is 549 g/mol. The van der Waals surface area contributed by atoms with Gasteiger partial charge in [-0.05, 0) is 0 Å². The third-order valence-electron chi connectivity index (χ3n) is 7.24. The number of benzene rings is 4. The van der Waals surface area contributed by atoms with Gasteiger partial charge in [0.05, 0.1) is 0 Å². The number of esters is 1. The van der Waals surface area contributed by atoms with Crippen molar-refractivity contribution in [3.63, 3.8) is 0 Å². The van der Waals surface area contributed by atoms with Crippen LogP contribution in [0.25, 0.3) is 0 Å². The summed E-state index contributed by atoms with van der Waals surface area (Å²) in [4.78, 5) is 13.6. The third-order valence-corrected chi connectivity index (χ3v) is 12.6. The molecule has 3 nitrogen and oxygen atoms in total. The molecule has 0 N–H and O–H groups in total. The molecule has 39 heavy (non-hydrogen) atoms. The topological polar surface area (TPSA) is 35.5 Å². The Hall–Kier alpha value is -3.73. The molecule has 0 radical (unpaired) electrons. The first-order valence-electron chi connectivity index (χ1n) is 12.6. The summed E-state index contributed by atoms with van der Waals surface area (Å²) in [5, 5.41) is 1.63. The van der Waals surface area contributed by atoms with Crippen molar-refractivity contribution in [1.82, 2.24) is 0 Å². The molecule has 1 heterocycles. The normalized spacial score (nSPS) is 20.8. The Morgan fingerprint density at radius 1 is 0.769 bits per heavy atom. The molecule has 0 saturated carbocycles. The molecule has 7 heteroatoms. The summed E-state index contributed by atoms with van der Waals surface area (Å²) in [7, 11) is 0. The van der Waals surface area contributed by atoms with Crippen molar-refractivity contribution in [2.24, 2.45) is 0 Å². The monoisotopic (exact) mass is 548 g/mol. The molecular formula is C32H28F3O3P. The standard InChI is InChI=1S/C32H28F3O3P/c1-3-37-30(36)29-23-39(26-13-7-4-8-14-26,27-15-9-5-10-16-27,28-17-11-6-12-18-28)38-31(29,32(33,34)35)25-21-19-24(2)20-22-25/h4-23H,3H2,1-2H3. The molecule has 0 aromatic heterocycles. The fourth-order valence-corrected chi connectivity index (χ4v) is 11.1. The predicted molar refractivity (Wildman–Crippen MR) is 150 cm³/mol. The Labute approximate surface area is 225 Å². The van der Waals surface area contributed by atoms with Crippen LogP contribution in [0.2, 0.25) is 0 Å². The van der Waals surface area contributed by atoms with Gasteiger partial charge in [0, 0.05) is 0 Å². The van der Waals surface area contributed by atoms with Crippen molar-refractivity contribution in [2.75, 3.05) is 6.61 Å². The van der Waals surface area contributed by atoms with Gasteiger partial charge in [0.15, 0.2) is 0 Å². The van der Waals surface area contributed by atoms with E-state index in [1.54, 1.807) is 117 Å². The van der Waals surface area contributed by atoms with E-state index >= 15 is 13.2 Å². The molecule has 1 aliphatic rings. The SMILES string of the molecule is CCOC(=O)C1=CP(c2ccccc2)(c2ccccc2)(c2ccccc2)OC1(c1ccc(C)cc1)C(F)(F)F. The second-order valence-corrected chi connectivity index (χ2v) is 13.7. The third kappa shape index (κ3) is 3.93. The van der Waals surface area contributed by atoms with E-state index in [0.717, 1.165) is 5.56 Å². The van der Waals surface area contributed by atoms with Gasteiger partial charge in [-0.1, -0.05) is 0 Å². The van der Waals surface area contributed by atoms with Crippen molar-refractivity contribution in [3.05, 3.63) is 138 Å². The number of hydrogen-bond acceptors (Lipinski definition) is 3. The van der Waals surface area contributed by atoms with Crippen LogP contribution in [0.4, 0.5) is 13.2 Å². The number of halogens is 3. The maximum atomic E-state index is 15.8. The van der Waals surface area contributed by atoms with Crippen LogP contribution in [0.15, 0.2) is 127 Å². The summed E-state index contributed by atoms with van der Waals surface area (Å²) in [5.74, 6) is 0.390. The fraction of sp³-hybridized carbons (Fsp3) is 0.156. The molecule has 0 saturated heterocycles. The molecule has 4 aromatic carbocycles. The fourth-order valence-electron chi connectivity index (χ4n) is 5.47. The second kappa shape index (κ2) is 9.78. The van der Waals surface area contributed by atoms with Crippen molar-refractivity contribution in [2.45, 2.75) is 25.6 Å². The van der Waals surface area contributed by atoms with E-state index in [-0.39, 0.29) is 12.2 Å². The van der Waals surface area contributed by atoms with E-state index in [1.165, 1.54) is 17.9 Å². The number of alkyl halides is 3. The van der Waals surface area contributed by atoms with Crippen LogP contribution >= 0.6 is 6.83 Å². The van der Waals surface area contributed by atoms with Gasteiger partial charge < -0.3 is 0 Å². The molecule has 0 bridgehead atoms. The van der Waals surface area contributed by atoms with E-state index in [2.05, 4.69) is 0 Å². The van der Waals surface area contributed by atoms with E-state index in [0.29, 0.717) is 15.9 Å².